The molecule has 1 amide bonds. The second-order valence-corrected chi connectivity index (χ2v) is 6.23. The van der Waals surface area contributed by atoms with E-state index in [1.54, 1.807) is 18.3 Å². The zero-order valence-corrected chi connectivity index (χ0v) is 13.2. The van der Waals surface area contributed by atoms with Gasteiger partial charge in [0.05, 0.1) is 10.2 Å². The Hall–Kier alpha value is -1.82. The number of piperazine rings is 1. The number of anilines is 2. The van der Waals surface area contributed by atoms with E-state index in [1.807, 2.05) is 4.90 Å². The maximum atomic E-state index is 11.4. The Labute approximate surface area is 128 Å². The largest absolute Gasteiger partial charge is 0.368 e. The van der Waals surface area contributed by atoms with Crippen molar-refractivity contribution in [3.63, 3.8) is 0 Å². The molecule has 21 heavy (non-hydrogen) atoms. The number of hydrogen-bond acceptors (Lipinski definition) is 5. The summed E-state index contributed by atoms with van der Waals surface area (Å²) in [6.45, 7) is 8.00. The molecule has 112 valence electrons. The highest BCUT2D eigenvalue weighted by molar-refractivity contribution is 7.22. The minimum Gasteiger partial charge on any atom is -0.368 e. The number of hydrogen-bond donors (Lipinski definition) is 1. The molecule has 1 aliphatic rings. The summed E-state index contributed by atoms with van der Waals surface area (Å²) >= 11 is 1.69. The Morgan fingerprint density at radius 3 is 2.76 bits per heavy atom. The first kappa shape index (κ1) is 14.1. The SMILES string of the molecule is CCNc1nc2ccc(N3CCN(C(C)=O)CC3)cc2s1. The number of amides is 1. The van der Waals surface area contributed by atoms with Crippen LogP contribution >= 0.6 is 11.3 Å². The van der Waals surface area contributed by atoms with E-state index in [1.165, 1.54) is 10.4 Å². The molecular weight excluding hydrogens is 284 g/mol. The van der Waals surface area contributed by atoms with Crippen LogP contribution in [0, 0.1) is 0 Å². The van der Waals surface area contributed by atoms with Gasteiger partial charge >= 0.3 is 0 Å². The predicted octanol–water partition coefficient (Wildman–Crippen LogP) is 2.40. The number of thiazole rings is 1. The van der Waals surface area contributed by atoms with E-state index in [4.69, 9.17) is 0 Å². The lowest BCUT2D eigenvalue weighted by Gasteiger charge is -2.35. The van der Waals surface area contributed by atoms with Crippen molar-refractivity contribution in [1.29, 1.82) is 0 Å². The fourth-order valence-electron chi connectivity index (χ4n) is 2.62. The molecule has 0 spiro atoms. The highest BCUT2D eigenvalue weighted by Crippen LogP contribution is 2.30. The van der Waals surface area contributed by atoms with Gasteiger partial charge < -0.3 is 15.1 Å². The molecule has 0 bridgehead atoms. The molecule has 0 saturated carbocycles. The molecule has 2 aromatic rings. The van der Waals surface area contributed by atoms with Crippen molar-refractivity contribution in [3.8, 4) is 0 Å². The van der Waals surface area contributed by atoms with Gasteiger partial charge in [-0.25, -0.2) is 4.98 Å². The summed E-state index contributed by atoms with van der Waals surface area (Å²) in [7, 11) is 0. The normalized spacial score (nSPS) is 15.5. The van der Waals surface area contributed by atoms with Crippen LogP contribution in [0.5, 0.6) is 0 Å². The molecule has 1 aliphatic heterocycles. The molecule has 0 aliphatic carbocycles. The molecule has 0 radical (unpaired) electrons. The maximum absolute atomic E-state index is 11.4. The summed E-state index contributed by atoms with van der Waals surface area (Å²) in [4.78, 5) is 20.2. The summed E-state index contributed by atoms with van der Waals surface area (Å²) in [6, 6.07) is 6.41. The van der Waals surface area contributed by atoms with E-state index in [2.05, 4.69) is 40.3 Å². The fourth-order valence-corrected chi connectivity index (χ4v) is 3.58. The van der Waals surface area contributed by atoms with Gasteiger partial charge in [-0.05, 0) is 25.1 Å². The van der Waals surface area contributed by atoms with Gasteiger partial charge in [0.2, 0.25) is 5.91 Å². The molecule has 1 fully saturated rings. The molecule has 1 N–H and O–H groups in total. The van der Waals surface area contributed by atoms with Crippen LogP contribution in [-0.4, -0.2) is 48.5 Å². The third-order valence-corrected chi connectivity index (χ3v) is 4.77. The minimum absolute atomic E-state index is 0.169. The van der Waals surface area contributed by atoms with Gasteiger partial charge in [-0.3, -0.25) is 4.79 Å². The first-order valence-corrected chi connectivity index (χ1v) is 8.14. The van der Waals surface area contributed by atoms with Crippen molar-refractivity contribution < 1.29 is 4.79 Å². The summed E-state index contributed by atoms with van der Waals surface area (Å²) < 4.78 is 1.21. The Morgan fingerprint density at radius 1 is 1.33 bits per heavy atom. The molecule has 1 saturated heterocycles. The zero-order valence-electron chi connectivity index (χ0n) is 12.4. The monoisotopic (exact) mass is 304 g/mol. The van der Waals surface area contributed by atoms with E-state index in [9.17, 15) is 4.79 Å². The third kappa shape index (κ3) is 2.95. The standard InChI is InChI=1S/C15H20N4OS/c1-3-16-15-17-13-5-4-12(10-14(13)21-15)19-8-6-18(7-9-19)11(2)20/h4-5,10H,3,6-9H2,1-2H3,(H,16,17). The summed E-state index contributed by atoms with van der Waals surface area (Å²) in [5.74, 6) is 0.169. The van der Waals surface area contributed by atoms with Crippen LogP contribution < -0.4 is 10.2 Å². The van der Waals surface area contributed by atoms with Gasteiger partial charge in [0.1, 0.15) is 0 Å². The number of carbonyl (C=O) groups excluding carboxylic acids is 1. The van der Waals surface area contributed by atoms with E-state index < -0.39 is 0 Å². The molecular formula is C15H20N4OS. The Kier molecular flexibility index (Phi) is 3.96. The molecule has 0 unspecified atom stereocenters. The number of nitrogens with zero attached hydrogens (tertiary/aromatic N) is 3. The number of nitrogens with one attached hydrogen (secondary N) is 1. The zero-order chi connectivity index (χ0) is 14.8. The van der Waals surface area contributed by atoms with Gasteiger partial charge in [0.25, 0.3) is 0 Å². The number of rotatable bonds is 3. The van der Waals surface area contributed by atoms with Gasteiger partial charge in [-0.15, -0.1) is 0 Å². The van der Waals surface area contributed by atoms with E-state index in [0.717, 1.165) is 43.4 Å². The smallest absolute Gasteiger partial charge is 0.219 e. The van der Waals surface area contributed by atoms with Crippen LogP contribution in [0.15, 0.2) is 18.2 Å². The summed E-state index contributed by atoms with van der Waals surface area (Å²) in [6.07, 6.45) is 0. The second-order valence-electron chi connectivity index (χ2n) is 5.19. The molecule has 5 nitrogen and oxygen atoms in total. The number of fused-ring (bicyclic) bond motifs is 1. The fraction of sp³-hybridized carbons (Fsp3) is 0.467. The van der Waals surface area contributed by atoms with Crippen LogP contribution in [0.25, 0.3) is 10.2 Å². The van der Waals surface area contributed by atoms with E-state index in [-0.39, 0.29) is 5.91 Å². The van der Waals surface area contributed by atoms with Crippen LogP contribution in [0.2, 0.25) is 0 Å². The van der Waals surface area contributed by atoms with Crippen LogP contribution in [0.3, 0.4) is 0 Å². The third-order valence-electron chi connectivity index (χ3n) is 3.79. The highest BCUT2D eigenvalue weighted by Gasteiger charge is 2.19. The van der Waals surface area contributed by atoms with E-state index in [0.29, 0.717) is 0 Å². The second kappa shape index (κ2) is 5.89. The molecule has 0 atom stereocenters. The van der Waals surface area contributed by atoms with Gasteiger partial charge in [0.15, 0.2) is 5.13 Å². The van der Waals surface area contributed by atoms with Gasteiger partial charge in [0, 0.05) is 45.3 Å². The van der Waals surface area contributed by atoms with Crippen molar-refractivity contribution in [3.05, 3.63) is 18.2 Å². The summed E-state index contributed by atoms with van der Waals surface area (Å²) in [5.41, 5.74) is 2.26. The number of benzene rings is 1. The average Bonchev–Trinajstić information content (AvgIpc) is 2.89. The average molecular weight is 304 g/mol. The van der Waals surface area contributed by atoms with Crippen molar-refractivity contribution in [2.75, 3.05) is 42.9 Å². The lowest BCUT2D eigenvalue weighted by atomic mass is 10.2. The Bertz CT molecular complexity index is 646. The Morgan fingerprint density at radius 2 is 2.10 bits per heavy atom. The van der Waals surface area contributed by atoms with Crippen molar-refractivity contribution in [2.24, 2.45) is 0 Å². The number of aromatic nitrogens is 1. The molecule has 2 heterocycles. The van der Waals surface area contributed by atoms with Crippen LogP contribution in [0.1, 0.15) is 13.8 Å². The minimum atomic E-state index is 0.169. The lowest BCUT2D eigenvalue weighted by Crippen LogP contribution is -2.48. The van der Waals surface area contributed by atoms with Crippen LogP contribution in [-0.2, 0) is 4.79 Å². The first-order valence-electron chi connectivity index (χ1n) is 7.32. The molecule has 1 aromatic carbocycles. The van der Waals surface area contributed by atoms with Gasteiger partial charge in [-0.2, -0.15) is 0 Å². The van der Waals surface area contributed by atoms with Crippen LogP contribution in [0.4, 0.5) is 10.8 Å². The van der Waals surface area contributed by atoms with Crippen molar-refractivity contribution in [2.45, 2.75) is 13.8 Å². The molecule has 1 aromatic heterocycles. The predicted molar refractivity (Wildman–Crippen MR) is 88.3 cm³/mol. The van der Waals surface area contributed by atoms with Gasteiger partial charge in [-0.1, -0.05) is 11.3 Å². The molecule has 6 heteroatoms. The van der Waals surface area contributed by atoms with E-state index >= 15 is 0 Å². The first-order chi connectivity index (χ1) is 10.2. The highest BCUT2D eigenvalue weighted by atomic mass is 32.1. The topological polar surface area (TPSA) is 48.5 Å². The van der Waals surface area contributed by atoms with Crippen molar-refractivity contribution in [1.82, 2.24) is 9.88 Å². The number of carbonyl (C=O) groups is 1. The quantitative estimate of drug-likeness (QED) is 0.946. The molecule has 3 rings (SSSR count). The summed E-state index contributed by atoms with van der Waals surface area (Å²) in [5, 5.41) is 4.24. The van der Waals surface area contributed by atoms with Crippen molar-refractivity contribution >= 4 is 38.3 Å². The lowest BCUT2D eigenvalue weighted by molar-refractivity contribution is -0.129. The Balaban J connectivity index is 1.77. The maximum Gasteiger partial charge on any atom is 0.219 e.